The summed E-state index contributed by atoms with van der Waals surface area (Å²) in [5.74, 6) is -2.72. The SMILES string of the molecule is NC(=O)c1ccn(-c2ccc(NS(=O)(=O)c3ccc(OCCCC(=O)O)c(F)c3)cc2)n1. The Labute approximate surface area is 182 Å². The quantitative estimate of drug-likeness (QED) is 0.390. The van der Waals surface area contributed by atoms with E-state index in [1.807, 2.05) is 0 Å². The predicted molar refractivity (Wildman–Crippen MR) is 112 cm³/mol. The van der Waals surface area contributed by atoms with Crippen LogP contribution in [0.2, 0.25) is 0 Å². The van der Waals surface area contributed by atoms with Crippen LogP contribution in [0.15, 0.2) is 59.6 Å². The molecule has 3 aromatic rings. The molecule has 0 aliphatic rings. The highest BCUT2D eigenvalue weighted by Gasteiger charge is 2.17. The maximum atomic E-state index is 14.2. The maximum Gasteiger partial charge on any atom is 0.303 e. The number of hydrogen-bond acceptors (Lipinski definition) is 6. The van der Waals surface area contributed by atoms with Crippen molar-refractivity contribution < 1.29 is 32.2 Å². The third-order valence-electron chi connectivity index (χ3n) is 4.23. The minimum atomic E-state index is -4.08. The molecule has 4 N–H and O–H groups in total. The number of halogens is 1. The first-order valence-corrected chi connectivity index (χ1v) is 10.8. The first-order chi connectivity index (χ1) is 15.2. The molecule has 10 nitrogen and oxygen atoms in total. The second-order valence-electron chi connectivity index (χ2n) is 6.60. The van der Waals surface area contributed by atoms with E-state index in [-0.39, 0.29) is 41.5 Å². The molecule has 0 atom stereocenters. The second kappa shape index (κ2) is 9.47. The van der Waals surface area contributed by atoms with E-state index >= 15 is 0 Å². The third-order valence-corrected chi connectivity index (χ3v) is 5.61. The van der Waals surface area contributed by atoms with Gasteiger partial charge in [0.1, 0.15) is 5.69 Å². The number of nitrogens with zero attached hydrogens (tertiary/aromatic N) is 2. The summed E-state index contributed by atoms with van der Waals surface area (Å²) >= 11 is 0. The number of benzene rings is 2. The van der Waals surface area contributed by atoms with Gasteiger partial charge in [-0.2, -0.15) is 5.10 Å². The van der Waals surface area contributed by atoms with Crippen molar-refractivity contribution in [3.05, 3.63) is 66.2 Å². The van der Waals surface area contributed by atoms with Gasteiger partial charge in [0, 0.05) is 18.3 Å². The highest BCUT2D eigenvalue weighted by molar-refractivity contribution is 7.92. The summed E-state index contributed by atoms with van der Waals surface area (Å²) in [6.07, 6.45) is 1.60. The molecule has 1 amide bonds. The van der Waals surface area contributed by atoms with Crippen molar-refractivity contribution in [2.75, 3.05) is 11.3 Å². The number of primary amides is 1. The van der Waals surface area contributed by atoms with Crippen molar-refractivity contribution in [1.29, 1.82) is 0 Å². The van der Waals surface area contributed by atoms with Gasteiger partial charge in [0.05, 0.1) is 17.2 Å². The number of amides is 1. The molecule has 1 heterocycles. The number of carbonyl (C=O) groups excluding carboxylic acids is 1. The van der Waals surface area contributed by atoms with Crippen molar-refractivity contribution in [3.8, 4) is 11.4 Å². The minimum Gasteiger partial charge on any atom is -0.491 e. The van der Waals surface area contributed by atoms with Gasteiger partial charge in [-0.1, -0.05) is 0 Å². The Morgan fingerprint density at radius 2 is 1.88 bits per heavy atom. The topological polar surface area (TPSA) is 154 Å². The molecule has 168 valence electrons. The van der Waals surface area contributed by atoms with Gasteiger partial charge in [0.2, 0.25) is 0 Å². The molecular formula is C20H19FN4O6S. The molecule has 32 heavy (non-hydrogen) atoms. The number of ether oxygens (including phenoxy) is 1. The number of aromatic nitrogens is 2. The van der Waals surface area contributed by atoms with Gasteiger partial charge in [-0.25, -0.2) is 17.5 Å². The fourth-order valence-electron chi connectivity index (χ4n) is 2.67. The summed E-state index contributed by atoms with van der Waals surface area (Å²) in [4.78, 5) is 21.3. The van der Waals surface area contributed by atoms with Gasteiger partial charge in [0.15, 0.2) is 11.6 Å². The van der Waals surface area contributed by atoms with E-state index in [1.165, 1.54) is 41.2 Å². The fourth-order valence-corrected chi connectivity index (χ4v) is 3.74. The van der Waals surface area contributed by atoms with Gasteiger partial charge in [-0.3, -0.25) is 14.3 Å². The first kappa shape index (κ1) is 22.7. The summed E-state index contributed by atoms with van der Waals surface area (Å²) in [5.41, 5.74) is 6.05. The van der Waals surface area contributed by atoms with Crippen LogP contribution in [0.4, 0.5) is 10.1 Å². The first-order valence-electron chi connectivity index (χ1n) is 9.28. The lowest BCUT2D eigenvalue weighted by Crippen LogP contribution is -2.14. The number of nitrogens with two attached hydrogens (primary N) is 1. The zero-order valence-corrected chi connectivity index (χ0v) is 17.4. The number of carbonyl (C=O) groups is 2. The van der Waals surface area contributed by atoms with E-state index in [4.69, 9.17) is 15.6 Å². The molecule has 0 radical (unpaired) electrons. The lowest BCUT2D eigenvalue weighted by molar-refractivity contribution is -0.137. The minimum absolute atomic E-state index is 0.0168. The molecule has 0 aliphatic carbocycles. The van der Waals surface area contributed by atoms with Crippen LogP contribution in [0, 0.1) is 5.82 Å². The molecule has 0 fully saturated rings. The molecule has 0 unspecified atom stereocenters. The molecule has 0 saturated carbocycles. The fraction of sp³-hybridized carbons (Fsp3) is 0.150. The summed E-state index contributed by atoms with van der Waals surface area (Å²) < 4.78 is 48.3. The highest BCUT2D eigenvalue weighted by atomic mass is 32.2. The number of carboxylic acids is 1. The van der Waals surface area contributed by atoms with E-state index in [9.17, 15) is 22.4 Å². The van der Waals surface area contributed by atoms with Crippen molar-refractivity contribution in [1.82, 2.24) is 9.78 Å². The third kappa shape index (κ3) is 5.60. The van der Waals surface area contributed by atoms with Crippen LogP contribution in [-0.4, -0.2) is 41.8 Å². The summed E-state index contributed by atoms with van der Waals surface area (Å²) in [5, 5.41) is 12.6. The predicted octanol–water partition coefficient (Wildman–Crippen LogP) is 2.15. The van der Waals surface area contributed by atoms with Crippen LogP contribution < -0.4 is 15.2 Å². The standard InChI is InChI=1S/C20H19FN4O6S/c21-16-12-15(7-8-18(16)31-11-1-2-19(26)27)32(29,30)24-13-3-5-14(6-4-13)25-10-9-17(23-25)20(22)28/h3-10,12,24H,1-2,11H2,(H2,22,28)(H,26,27). The monoisotopic (exact) mass is 462 g/mol. The van der Waals surface area contributed by atoms with Crippen LogP contribution in [0.3, 0.4) is 0 Å². The average molecular weight is 462 g/mol. The van der Waals surface area contributed by atoms with Gasteiger partial charge in [-0.05, 0) is 55.0 Å². The van der Waals surface area contributed by atoms with Gasteiger partial charge in [0.25, 0.3) is 15.9 Å². The Balaban J connectivity index is 1.68. The Hall–Kier alpha value is -3.93. The number of carboxylic acid groups (broad SMARTS) is 1. The van der Waals surface area contributed by atoms with Crippen LogP contribution in [0.25, 0.3) is 5.69 Å². The molecule has 1 aromatic heterocycles. The lowest BCUT2D eigenvalue weighted by Gasteiger charge is -2.11. The lowest BCUT2D eigenvalue weighted by atomic mass is 10.3. The van der Waals surface area contributed by atoms with Crippen molar-refractivity contribution >= 4 is 27.6 Å². The normalized spacial score (nSPS) is 11.2. The van der Waals surface area contributed by atoms with E-state index in [1.54, 1.807) is 12.1 Å². The van der Waals surface area contributed by atoms with Crippen molar-refractivity contribution in [2.45, 2.75) is 17.7 Å². The van der Waals surface area contributed by atoms with Gasteiger partial charge in [-0.15, -0.1) is 0 Å². The number of nitrogens with one attached hydrogen (secondary N) is 1. The van der Waals surface area contributed by atoms with Crippen LogP contribution in [-0.2, 0) is 14.8 Å². The van der Waals surface area contributed by atoms with Crippen LogP contribution >= 0.6 is 0 Å². The number of rotatable bonds is 10. The Bertz CT molecular complexity index is 1240. The molecular weight excluding hydrogens is 443 g/mol. The maximum absolute atomic E-state index is 14.2. The molecule has 0 saturated heterocycles. The largest absolute Gasteiger partial charge is 0.491 e. The average Bonchev–Trinajstić information content (AvgIpc) is 3.23. The Morgan fingerprint density at radius 3 is 2.47 bits per heavy atom. The number of hydrogen-bond donors (Lipinski definition) is 3. The highest BCUT2D eigenvalue weighted by Crippen LogP contribution is 2.23. The molecule has 0 spiro atoms. The zero-order chi connectivity index (χ0) is 23.3. The Kier molecular flexibility index (Phi) is 6.73. The number of anilines is 1. The smallest absolute Gasteiger partial charge is 0.303 e. The molecule has 3 rings (SSSR count). The summed E-state index contributed by atoms with van der Waals surface area (Å²) in [6, 6.07) is 10.7. The molecule has 0 aliphatic heterocycles. The summed E-state index contributed by atoms with van der Waals surface area (Å²) in [7, 11) is -4.08. The van der Waals surface area contributed by atoms with E-state index < -0.39 is 27.7 Å². The van der Waals surface area contributed by atoms with E-state index in [2.05, 4.69) is 9.82 Å². The number of sulfonamides is 1. The molecule has 12 heteroatoms. The zero-order valence-electron chi connectivity index (χ0n) is 16.6. The van der Waals surface area contributed by atoms with E-state index in [0.717, 1.165) is 6.07 Å². The van der Waals surface area contributed by atoms with Crippen LogP contribution in [0.5, 0.6) is 5.75 Å². The van der Waals surface area contributed by atoms with Crippen LogP contribution in [0.1, 0.15) is 23.3 Å². The molecule has 2 aromatic carbocycles. The summed E-state index contributed by atoms with van der Waals surface area (Å²) in [6.45, 7) is -0.0168. The Morgan fingerprint density at radius 1 is 1.16 bits per heavy atom. The van der Waals surface area contributed by atoms with Gasteiger partial charge >= 0.3 is 5.97 Å². The van der Waals surface area contributed by atoms with Gasteiger partial charge < -0.3 is 15.6 Å². The van der Waals surface area contributed by atoms with Crippen molar-refractivity contribution in [3.63, 3.8) is 0 Å². The van der Waals surface area contributed by atoms with E-state index in [0.29, 0.717) is 5.69 Å². The second-order valence-corrected chi connectivity index (χ2v) is 8.28. The van der Waals surface area contributed by atoms with Crippen molar-refractivity contribution in [2.24, 2.45) is 5.73 Å². The molecule has 0 bridgehead atoms. The number of aliphatic carboxylic acids is 1.